The van der Waals surface area contributed by atoms with Crippen LogP contribution in [0.15, 0.2) is 24.3 Å². The van der Waals surface area contributed by atoms with Crippen LogP contribution >= 0.6 is 23.2 Å². The number of rotatable bonds is 9. The smallest absolute Gasteiger partial charge is 0.303 e. The van der Waals surface area contributed by atoms with Gasteiger partial charge in [-0.15, -0.1) is 0 Å². The first-order valence-electron chi connectivity index (χ1n) is 6.64. The van der Waals surface area contributed by atoms with Gasteiger partial charge in [-0.1, -0.05) is 47.5 Å². The van der Waals surface area contributed by atoms with Gasteiger partial charge in [0.15, 0.2) is 0 Å². The van der Waals surface area contributed by atoms with Crippen LogP contribution in [0.4, 0.5) is 0 Å². The minimum absolute atomic E-state index is 0.222. The van der Waals surface area contributed by atoms with E-state index in [1.165, 1.54) is 0 Å². The third-order valence-electron chi connectivity index (χ3n) is 2.75. The molecule has 0 aliphatic rings. The first kappa shape index (κ1) is 17.0. The number of hydrogen-bond donors (Lipinski definition) is 2. The summed E-state index contributed by atoms with van der Waals surface area (Å²) in [6, 6.07) is 5.56. The van der Waals surface area contributed by atoms with Gasteiger partial charge in [0.05, 0.1) is 10.0 Å². The highest BCUT2D eigenvalue weighted by Gasteiger charge is 2.00. The van der Waals surface area contributed by atoms with Gasteiger partial charge in [-0.25, -0.2) is 0 Å². The lowest BCUT2D eigenvalue weighted by atomic mass is 10.2. The monoisotopic (exact) mass is 315 g/mol. The topological polar surface area (TPSA) is 49.3 Å². The molecule has 2 N–H and O–H groups in total. The molecule has 1 aromatic carbocycles. The van der Waals surface area contributed by atoms with Crippen molar-refractivity contribution in [3.05, 3.63) is 39.9 Å². The minimum Gasteiger partial charge on any atom is -0.481 e. The highest BCUT2D eigenvalue weighted by molar-refractivity contribution is 6.42. The average Bonchev–Trinajstić information content (AvgIpc) is 2.41. The fourth-order valence-corrected chi connectivity index (χ4v) is 2.06. The van der Waals surface area contributed by atoms with Crippen molar-refractivity contribution < 1.29 is 9.90 Å². The molecule has 0 saturated carbocycles. The molecule has 0 spiro atoms. The first-order valence-corrected chi connectivity index (χ1v) is 7.40. The number of carbonyl (C=O) groups is 1. The van der Waals surface area contributed by atoms with Crippen LogP contribution < -0.4 is 5.32 Å². The molecule has 1 rings (SSSR count). The van der Waals surface area contributed by atoms with Crippen LogP contribution in [0, 0.1) is 0 Å². The molecule has 0 heterocycles. The Morgan fingerprint density at radius 1 is 1.25 bits per heavy atom. The molecule has 0 fully saturated rings. The van der Waals surface area contributed by atoms with E-state index in [-0.39, 0.29) is 6.42 Å². The van der Waals surface area contributed by atoms with Gasteiger partial charge in [-0.05, 0) is 44.0 Å². The summed E-state index contributed by atoms with van der Waals surface area (Å²) in [7, 11) is 0. The Bertz CT molecular complexity index is 461. The molecular formula is C15H19Cl2NO2. The normalized spacial score (nSPS) is 11.1. The second kappa shape index (κ2) is 9.81. The van der Waals surface area contributed by atoms with Crippen LogP contribution in [0.1, 0.15) is 31.2 Å². The van der Waals surface area contributed by atoms with Crippen molar-refractivity contribution >= 4 is 35.2 Å². The number of allylic oxidation sites excluding steroid dienone is 1. The van der Waals surface area contributed by atoms with Crippen LogP contribution in [0.5, 0.6) is 0 Å². The Morgan fingerprint density at radius 3 is 2.75 bits per heavy atom. The number of halogens is 2. The maximum Gasteiger partial charge on any atom is 0.303 e. The Kier molecular flexibility index (Phi) is 8.35. The summed E-state index contributed by atoms with van der Waals surface area (Å²) >= 11 is 12.0. The predicted octanol–water partition coefficient (Wildman–Crippen LogP) is 4.24. The van der Waals surface area contributed by atoms with Gasteiger partial charge in [0.25, 0.3) is 0 Å². The molecule has 5 heteroatoms. The van der Waals surface area contributed by atoms with Gasteiger partial charge in [0.2, 0.25) is 0 Å². The van der Waals surface area contributed by atoms with Crippen LogP contribution in [0.2, 0.25) is 10.0 Å². The number of unbranched alkanes of at least 4 members (excludes halogenated alkanes) is 1. The third-order valence-corrected chi connectivity index (χ3v) is 3.58. The summed E-state index contributed by atoms with van der Waals surface area (Å²) in [4.78, 5) is 10.3. The van der Waals surface area contributed by atoms with E-state index < -0.39 is 5.97 Å². The molecule has 0 aliphatic heterocycles. The van der Waals surface area contributed by atoms with E-state index in [2.05, 4.69) is 11.4 Å². The van der Waals surface area contributed by atoms with Gasteiger partial charge in [-0.3, -0.25) is 4.79 Å². The van der Waals surface area contributed by atoms with Crippen molar-refractivity contribution in [1.29, 1.82) is 0 Å². The predicted molar refractivity (Wildman–Crippen MR) is 84.5 cm³/mol. The molecule has 0 amide bonds. The number of nitrogens with one attached hydrogen (secondary N) is 1. The molecule has 0 aliphatic carbocycles. The van der Waals surface area contributed by atoms with Crippen molar-refractivity contribution in [1.82, 2.24) is 5.32 Å². The quantitative estimate of drug-likeness (QED) is 0.670. The van der Waals surface area contributed by atoms with E-state index in [0.717, 1.165) is 31.5 Å². The Labute approximate surface area is 129 Å². The largest absolute Gasteiger partial charge is 0.481 e. The summed E-state index contributed by atoms with van der Waals surface area (Å²) in [6.07, 6.45) is 6.87. The van der Waals surface area contributed by atoms with Crippen LogP contribution in [0.3, 0.4) is 0 Å². The molecule has 0 unspecified atom stereocenters. The first-order chi connectivity index (χ1) is 9.61. The fourth-order valence-electron chi connectivity index (χ4n) is 1.69. The molecular weight excluding hydrogens is 297 g/mol. The van der Waals surface area contributed by atoms with Crippen LogP contribution in [-0.2, 0) is 4.79 Å². The molecule has 0 aromatic heterocycles. The van der Waals surface area contributed by atoms with Crippen LogP contribution in [0.25, 0.3) is 6.08 Å². The number of aliphatic carboxylic acids is 1. The minimum atomic E-state index is -0.742. The molecule has 20 heavy (non-hydrogen) atoms. The lowest BCUT2D eigenvalue weighted by molar-refractivity contribution is -0.137. The number of benzene rings is 1. The van der Waals surface area contributed by atoms with Gasteiger partial charge in [0, 0.05) is 6.42 Å². The lowest BCUT2D eigenvalue weighted by Crippen LogP contribution is -2.17. The number of carboxylic acids is 1. The maximum atomic E-state index is 10.3. The summed E-state index contributed by atoms with van der Waals surface area (Å²) in [6.45, 7) is 1.63. The second-order valence-corrected chi connectivity index (χ2v) is 5.22. The Balaban J connectivity index is 2.13. The van der Waals surface area contributed by atoms with E-state index in [1.54, 1.807) is 6.07 Å². The zero-order valence-electron chi connectivity index (χ0n) is 11.2. The lowest BCUT2D eigenvalue weighted by Gasteiger charge is -2.02. The molecule has 0 atom stereocenters. The SMILES string of the molecule is O=C(O)CCCNCCCC=Cc1cccc(Cl)c1Cl. The summed E-state index contributed by atoms with van der Waals surface area (Å²) in [5.41, 5.74) is 0.925. The molecule has 0 radical (unpaired) electrons. The Hall–Kier alpha value is -1.03. The van der Waals surface area contributed by atoms with Crippen molar-refractivity contribution in [3.8, 4) is 0 Å². The zero-order chi connectivity index (χ0) is 14.8. The van der Waals surface area contributed by atoms with Crippen molar-refractivity contribution in [2.45, 2.75) is 25.7 Å². The molecule has 3 nitrogen and oxygen atoms in total. The van der Waals surface area contributed by atoms with E-state index in [0.29, 0.717) is 16.5 Å². The standard InChI is InChI=1S/C15H19Cl2NO2/c16-13-8-4-7-12(15(13)17)6-2-1-3-10-18-11-5-9-14(19)20/h2,4,6-8,18H,1,3,5,9-11H2,(H,19,20). The molecule has 0 bridgehead atoms. The van der Waals surface area contributed by atoms with E-state index in [1.807, 2.05) is 18.2 Å². The van der Waals surface area contributed by atoms with Crippen molar-refractivity contribution in [2.24, 2.45) is 0 Å². The van der Waals surface area contributed by atoms with Crippen molar-refractivity contribution in [3.63, 3.8) is 0 Å². The van der Waals surface area contributed by atoms with E-state index >= 15 is 0 Å². The average molecular weight is 316 g/mol. The summed E-state index contributed by atoms with van der Waals surface area (Å²) in [5, 5.41) is 12.8. The van der Waals surface area contributed by atoms with E-state index in [9.17, 15) is 4.79 Å². The highest BCUT2D eigenvalue weighted by Crippen LogP contribution is 2.26. The summed E-state index contributed by atoms with van der Waals surface area (Å²) in [5.74, 6) is -0.742. The van der Waals surface area contributed by atoms with Gasteiger partial charge in [-0.2, -0.15) is 0 Å². The van der Waals surface area contributed by atoms with Gasteiger partial charge >= 0.3 is 5.97 Å². The van der Waals surface area contributed by atoms with Crippen LogP contribution in [-0.4, -0.2) is 24.2 Å². The number of carboxylic acid groups (broad SMARTS) is 1. The maximum absolute atomic E-state index is 10.3. The zero-order valence-corrected chi connectivity index (χ0v) is 12.8. The molecule has 0 saturated heterocycles. The fraction of sp³-hybridized carbons (Fsp3) is 0.400. The highest BCUT2D eigenvalue weighted by atomic mass is 35.5. The molecule has 1 aromatic rings. The third kappa shape index (κ3) is 6.94. The second-order valence-electron chi connectivity index (χ2n) is 4.43. The van der Waals surface area contributed by atoms with Crippen molar-refractivity contribution in [2.75, 3.05) is 13.1 Å². The Morgan fingerprint density at radius 2 is 2.00 bits per heavy atom. The van der Waals surface area contributed by atoms with Gasteiger partial charge in [0.1, 0.15) is 0 Å². The van der Waals surface area contributed by atoms with E-state index in [4.69, 9.17) is 28.3 Å². The molecule has 110 valence electrons. The summed E-state index contributed by atoms with van der Waals surface area (Å²) < 4.78 is 0. The van der Waals surface area contributed by atoms with Gasteiger partial charge < -0.3 is 10.4 Å². The number of hydrogen-bond acceptors (Lipinski definition) is 2.